The molecule has 19 heavy (non-hydrogen) atoms. The predicted molar refractivity (Wildman–Crippen MR) is 72.6 cm³/mol. The third-order valence-corrected chi connectivity index (χ3v) is 2.99. The van der Waals surface area contributed by atoms with E-state index < -0.39 is 0 Å². The summed E-state index contributed by atoms with van der Waals surface area (Å²) in [7, 11) is 0. The van der Waals surface area contributed by atoms with Crippen LogP contribution in [0.3, 0.4) is 0 Å². The first-order chi connectivity index (χ1) is 9.18. The van der Waals surface area contributed by atoms with Crippen LogP contribution in [0.15, 0.2) is 48.8 Å². The summed E-state index contributed by atoms with van der Waals surface area (Å²) in [6.07, 6.45) is 3.47. The molecule has 0 saturated carbocycles. The molecule has 0 aliphatic carbocycles. The molecule has 5 nitrogen and oxygen atoms in total. The van der Waals surface area contributed by atoms with Crippen LogP contribution in [0.5, 0.6) is 0 Å². The Hall–Kier alpha value is -2.27. The summed E-state index contributed by atoms with van der Waals surface area (Å²) in [4.78, 5) is 14.5. The number of para-hydroxylation sites is 1. The maximum absolute atomic E-state index is 10.9. The molecule has 1 atom stereocenters. The van der Waals surface area contributed by atoms with Crippen molar-refractivity contribution in [2.75, 3.05) is 0 Å². The molecule has 1 aromatic carbocycles. The quantitative estimate of drug-likeness (QED) is 0.660. The molecule has 1 unspecified atom stereocenters. The number of nitrogens with one attached hydrogen (secondary N) is 1. The van der Waals surface area contributed by atoms with Crippen LogP contribution in [0.1, 0.15) is 24.1 Å². The molecule has 0 radical (unpaired) electrons. The molecule has 2 aromatic rings. The van der Waals surface area contributed by atoms with E-state index in [2.05, 4.69) is 10.3 Å². The molecule has 0 aliphatic heterocycles. The molecular formula is C14H15N3O2. The van der Waals surface area contributed by atoms with Crippen LogP contribution in [0, 0.1) is 10.1 Å². The second kappa shape index (κ2) is 6.06. The van der Waals surface area contributed by atoms with Crippen molar-refractivity contribution in [1.29, 1.82) is 0 Å². The Morgan fingerprint density at radius 1 is 1.26 bits per heavy atom. The Labute approximate surface area is 111 Å². The molecule has 1 aromatic heterocycles. The largest absolute Gasteiger partial charge is 0.306 e. The summed E-state index contributed by atoms with van der Waals surface area (Å²) in [5, 5.41) is 14.2. The maximum Gasteiger partial charge on any atom is 0.273 e. The molecule has 5 heteroatoms. The highest BCUT2D eigenvalue weighted by molar-refractivity contribution is 5.39. The number of nitrogens with zero attached hydrogens (tertiary/aromatic N) is 2. The van der Waals surface area contributed by atoms with Crippen LogP contribution in [-0.2, 0) is 6.54 Å². The number of hydrogen-bond donors (Lipinski definition) is 1. The zero-order valence-electron chi connectivity index (χ0n) is 10.6. The zero-order chi connectivity index (χ0) is 13.7. The van der Waals surface area contributed by atoms with Crippen LogP contribution in [-0.4, -0.2) is 9.91 Å². The van der Waals surface area contributed by atoms with Gasteiger partial charge < -0.3 is 5.32 Å². The van der Waals surface area contributed by atoms with Gasteiger partial charge in [0.2, 0.25) is 0 Å². The lowest BCUT2D eigenvalue weighted by atomic mass is 10.1. The Kier molecular flexibility index (Phi) is 4.20. The Morgan fingerprint density at radius 2 is 1.95 bits per heavy atom. The average Bonchev–Trinajstić information content (AvgIpc) is 2.46. The van der Waals surface area contributed by atoms with E-state index >= 15 is 0 Å². The molecule has 1 heterocycles. The van der Waals surface area contributed by atoms with Gasteiger partial charge in [-0.2, -0.15) is 0 Å². The minimum atomic E-state index is -0.353. The standard InChI is InChI=1S/C14H15N3O2/c1-11(12-6-8-15-9-7-12)16-10-13-4-2-3-5-14(13)17(18)19/h2-9,11,16H,10H2,1H3. The molecular weight excluding hydrogens is 242 g/mol. The van der Waals surface area contributed by atoms with Crippen molar-refractivity contribution >= 4 is 5.69 Å². The topological polar surface area (TPSA) is 68.1 Å². The van der Waals surface area contributed by atoms with Crippen LogP contribution in [0.4, 0.5) is 5.69 Å². The minimum absolute atomic E-state index is 0.114. The van der Waals surface area contributed by atoms with Gasteiger partial charge >= 0.3 is 0 Å². The summed E-state index contributed by atoms with van der Waals surface area (Å²) >= 11 is 0. The van der Waals surface area contributed by atoms with E-state index in [0.717, 1.165) is 5.56 Å². The fourth-order valence-corrected chi connectivity index (χ4v) is 1.87. The summed E-state index contributed by atoms with van der Waals surface area (Å²) in [5.41, 5.74) is 1.94. The molecule has 0 spiro atoms. The number of benzene rings is 1. The van der Waals surface area contributed by atoms with E-state index in [0.29, 0.717) is 12.1 Å². The molecule has 0 amide bonds. The van der Waals surface area contributed by atoms with E-state index in [1.54, 1.807) is 30.6 Å². The second-order valence-corrected chi connectivity index (χ2v) is 4.27. The van der Waals surface area contributed by atoms with Crippen LogP contribution in [0.25, 0.3) is 0 Å². The van der Waals surface area contributed by atoms with E-state index in [9.17, 15) is 10.1 Å². The normalized spacial score (nSPS) is 12.1. The fraction of sp³-hybridized carbons (Fsp3) is 0.214. The summed E-state index contributed by atoms with van der Waals surface area (Å²) in [6.45, 7) is 2.48. The average molecular weight is 257 g/mol. The van der Waals surface area contributed by atoms with Gasteiger partial charge in [-0.25, -0.2) is 0 Å². The maximum atomic E-state index is 10.9. The van der Waals surface area contributed by atoms with Crippen LogP contribution in [0.2, 0.25) is 0 Å². The number of aromatic nitrogens is 1. The van der Waals surface area contributed by atoms with Gasteiger partial charge in [-0.15, -0.1) is 0 Å². The van der Waals surface area contributed by atoms with Crippen molar-refractivity contribution in [2.45, 2.75) is 19.5 Å². The minimum Gasteiger partial charge on any atom is -0.306 e. The number of pyridine rings is 1. The van der Waals surface area contributed by atoms with Gasteiger partial charge in [0.1, 0.15) is 0 Å². The number of hydrogen-bond acceptors (Lipinski definition) is 4. The lowest BCUT2D eigenvalue weighted by Crippen LogP contribution is -2.18. The van der Waals surface area contributed by atoms with Gasteiger partial charge in [-0.05, 0) is 24.6 Å². The third-order valence-electron chi connectivity index (χ3n) is 2.99. The van der Waals surface area contributed by atoms with E-state index in [1.165, 1.54) is 6.07 Å². The molecule has 1 N–H and O–H groups in total. The third kappa shape index (κ3) is 3.35. The molecule has 0 saturated heterocycles. The zero-order valence-corrected chi connectivity index (χ0v) is 10.6. The van der Waals surface area contributed by atoms with Crippen molar-refractivity contribution in [3.8, 4) is 0 Å². The lowest BCUT2D eigenvalue weighted by molar-refractivity contribution is -0.385. The highest BCUT2D eigenvalue weighted by Gasteiger charge is 2.13. The highest BCUT2D eigenvalue weighted by Crippen LogP contribution is 2.19. The Balaban J connectivity index is 2.05. The lowest BCUT2D eigenvalue weighted by Gasteiger charge is -2.14. The monoisotopic (exact) mass is 257 g/mol. The van der Waals surface area contributed by atoms with Gasteiger partial charge in [-0.3, -0.25) is 15.1 Å². The number of nitro benzene ring substituents is 1. The molecule has 0 bridgehead atoms. The second-order valence-electron chi connectivity index (χ2n) is 4.27. The van der Waals surface area contributed by atoms with Gasteiger partial charge in [0.15, 0.2) is 0 Å². The first kappa shape index (κ1) is 13.2. The van der Waals surface area contributed by atoms with Gasteiger partial charge in [-0.1, -0.05) is 18.2 Å². The first-order valence-electron chi connectivity index (χ1n) is 6.04. The summed E-state index contributed by atoms with van der Waals surface area (Å²) < 4.78 is 0. The van der Waals surface area contributed by atoms with E-state index in [4.69, 9.17) is 0 Å². The fourth-order valence-electron chi connectivity index (χ4n) is 1.87. The number of nitro groups is 1. The highest BCUT2D eigenvalue weighted by atomic mass is 16.6. The van der Waals surface area contributed by atoms with Crippen molar-refractivity contribution in [3.05, 3.63) is 70.0 Å². The van der Waals surface area contributed by atoms with E-state index in [-0.39, 0.29) is 16.7 Å². The van der Waals surface area contributed by atoms with Gasteiger partial charge in [0.05, 0.1) is 4.92 Å². The van der Waals surface area contributed by atoms with Crippen molar-refractivity contribution < 1.29 is 4.92 Å². The van der Waals surface area contributed by atoms with Gasteiger partial charge in [0, 0.05) is 36.6 Å². The van der Waals surface area contributed by atoms with Crippen molar-refractivity contribution in [1.82, 2.24) is 10.3 Å². The molecule has 98 valence electrons. The Morgan fingerprint density at radius 3 is 2.63 bits per heavy atom. The van der Waals surface area contributed by atoms with Gasteiger partial charge in [0.25, 0.3) is 5.69 Å². The Bertz CT molecular complexity index is 558. The van der Waals surface area contributed by atoms with Crippen LogP contribution >= 0.6 is 0 Å². The first-order valence-corrected chi connectivity index (χ1v) is 6.04. The number of rotatable bonds is 5. The van der Waals surface area contributed by atoms with Crippen molar-refractivity contribution in [3.63, 3.8) is 0 Å². The van der Waals surface area contributed by atoms with Crippen molar-refractivity contribution in [2.24, 2.45) is 0 Å². The molecule has 2 rings (SSSR count). The molecule has 0 fully saturated rings. The summed E-state index contributed by atoms with van der Waals surface area (Å²) in [6, 6.07) is 10.7. The smallest absolute Gasteiger partial charge is 0.273 e. The SMILES string of the molecule is CC(NCc1ccccc1[N+](=O)[O-])c1ccncc1. The van der Waals surface area contributed by atoms with E-state index in [1.807, 2.05) is 19.1 Å². The molecule has 0 aliphatic rings. The predicted octanol–water partition coefficient (Wildman–Crippen LogP) is 2.84. The van der Waals surface area contributed by atoms with Crippen LogP contribution < -0.4 is 5.32 Å². The summed E-state index contributed by atoms with van der Waals surface area (Å²) in [5.74, 6) is 0.